The number of carboxylic acids is 1. The second-order valence-electron chi connectivity index (χ2n) is 6.84. The highest BCUT2D eigenvalue weighted by Crippen LogP contribution is 2.22. The Morgan fingerprint density at radius 1 is 1.38 bits per heavy atom. The highest BCUT2D eigenvalue weighted by atomic mass is 16.4. The standard InChI is InChI=1S/C20H30N2O4/c1-3-4-9-16(2)18(21-26)13-11-17-12-14-19(23)22(17)15-8-6-5-7-10-20(24)25/h11,13,16-18H,5-10,12,14-15H2,1-2H3,(H,24,25)/b13-11+/t16-,17-,18+/m0/s1. The SMILES string of the molecule is CC#CC[C@H](C)[C@@H](/C=C/[C@H]1CCC(=O)N1CCCCCCC(=O)O)N=O. The molecule has 1 saturated heterocycles. The highest BCUT2D eigenvalue weighted by Gasteiger charge is 2.28. The monoisotopic (exact) mass is 362 g/mol. The Hall–Kier alpha value is -2.16. The van der Waals surface area contributed by atoms with E-state index in [9.17, 15) is 14.5 Å². The zero-order chi connectivity index (χ0) is 19.4. The third-order valence-electron chi connectivity index (χ3n) is 4.75. The molecule has 0 saturated carbocycles. The fourth-order valence-electron chi connectivity index (χ4n) is 3.11. The fraction of sp³-hybridized carbons (Fsp3) is 0.700. The summed E-state index contributed by atoms with van der Waals surface area (Å²) in [5.41, 5.74) is 0. The van der Waals surface area contributed by atoms with Crippen LogP contribution in [-0.2, 0) is 9.59 Å². The number of carboxylic acid groups (broad SMARTS) is 1. The molecule has 0 aromatic rings. The van der Waals surface area contributed by atoms with Gasteiger partial charge in [-0.3, -0.25) is 9.59 Å². The summed E-state index contributed by atoms with van der Waals surface area (Å²) in [5, 5.41) is 11.8. The van der Waals surface area contributed by atoms with E-state index in [2.05, 4.69) is 17.0 Å². The molecule has 0 aliphatic carbocycles. The van der Waals surface area contributed by atoms with Crippen LogP contribution in [0.25, 0.3) is 0 Å². The number of rotatable bonds is 12. The third kappa shape index (κ3) is 7.81. The zero-order valence-corrected chi connectivity index (χ0v) is 15.8. The Morgan fingerprint density at radius 2 is 2.12 bits per heavy atom. The Balaban J connectivity index is 2.47. The smallest absolute Gasteiger partial charge is 0.303 e. The molecule has 6 heteroatoms. The molecule has 0 unspecified atom stereocenters. The lowest BCUT2D eigenvalue weighted by Gasteiger charge is -2.23. The summed E-state index contributed by atoms with van der Waals surface area (Å²) >= 11 is 0. The average molecular weight is 362 g/mol. The molecule has 1 amide bonds. The van der Waals surface area contributed by atoms with Crippen LogP contribution in [0.3, 0.4) is 0 Å². The molecule has 0 aromatic carbocycles. The minimum absolute atomic E-state index is 0.0234. The first kappa shape index (κ1) is 21.9. The number of hydrogen-bond donors (Lipinski definition) is 1. The van der Waals surface area contributed by atoms with E-state index in [0.29, 0.717) is 25.8 Å². The predicted molar refractivity (Wildman–Crippen MR) is 101 cm³/mol. The molecule has 1 heterocycles. The Kier molecular flexibility index (Phi) is 10.3. The number of carbonyl (C=O) groups is 2. The van der Waals surface area contributed by atoms with E-state index in [1.807, 2.05) is 24.0 Å². The summed E-state index contributed by atoms with van der Waals surface area (Å²) < 4.78 is 0. The van der Waals surface area contributed by atoms with Gasteiger partial charge >= 0.3 is 5.97 Å². The molecule has 1 rings (SSSR count). The second-order valence-corrected chi connectivity index (χ2v) is 6.84. The lowest BCUT2D eigenvalue weighted by atomic mass is 9.98. The van der Waals surface area contributed by atoms with Gasteiger partial charge in [0.2, 0.25) is 5.91 Å². The number of amides is 1. The van der Waals surface area contributed by atoms with Crippen molar-refractivity contribution >= 4 is 11.9 Å². The minimum atomic E-state index is -0.762. The van der Waals surface area contributed by atoms with E-state index in [1.165, 1.54) is 0 Å². The number of hydrogen-bond acceptors (Lipinski definition) is 4. The van der Waals surface area contributed by atoms with Crippen LogP contribution >= 0.6 is 0 Å². The van der Waals surface area contributed by atoms with E-state index >= 15 is 0 Å². The molecule has 3 atom stereocenters. The normalized spacial score (nSPS) is 19.2. The van der Waals surface area contributed by atoms with Crippen molar-refractivity contribution in [3.63, 3.8) is 0 Å². The Bertz CT molecular complexity index is 562. The van der Waals surface area contributed by atoms with Crippen molar-refractivity contribution in [3.05, 3.63) is 17.1 Å². The molecule has 1 fully saturated rings. The van der Waals surface area contributed by atoms with Crippen LogP contribution in [0.2, 0.25) is 0 Å². The lowest BCUT2D eigenvalue weighted by Crippen LogP contribution is -2.33. The number of unbranched alkanes of at least 4 members (excludes halogenated alkanes) is 3. The van der Waals surface area contributed by atoms with Gasteiger partial charge in [0.05, 0.1) is 6.04 Å². The van der Waals surface area contributed by atoms with Crippen molar-refractivity contribution in [2.24, 2.45) is 11.1 Å². The van der Waals surface area contributed by atoms with Gasteiger partial charge < -0.3 is 10.0 Å². The molecule has 1 aliphatic rings. The third-order valence-corrected chi connectivity index (χ3v) is 4.75. The lowest BCUT2D eigenvalue weighted by molar-refractivity contribution is -0.137. The van der Waals surface area contributed by atoms with Crippen molar-refractivity contribution in [1.29, 1.82) is 0 Å². The molecule has 1 N–H and O–H groups in total. The fourth-order valence-corrected chi connectivity index (χ4v) is 3.11. The molecule has 1 aliphatic heterocycles. The first-order valence-corrected chi connectivity index (χ1v) is 9.41. The van der Waals surface area contributed by atoms with Gasteiger partial charge in [-0.15, -0.1) is 11.8 Å². The van der Waals surface area contributed by atoms with Crippen molar-refractivity contribution in [2.45, 2.75) is 77.3 Å². The van der Waals surface area contributed by atoms with Gasteiger partial charge in [-0.1, -0.05) is 37.1 Å². The van der Waals surface area contributed by atoms with E-state index in [4.69, 9.17) is 5.11 Å². The summed E-state index contributed by atoms with van der Waals surface area (Å²) in [7, 11) is 0. The number of likely N-dealkylation sites (tertiary alicyclic amines) is 1. The molecule has 144 valence electrons. The van der Waals surface area contributed by atoms with Gasteiger partial charge in [0, 0.05) is 25.8 Å². The van der Waals surface area contributed by atoms with E-state index in [0.717, 1.165) is 25.7 Å². The van der Waals surface area contributed by atoms with Crippen molar-refractivity contribution in [3.8, 4) is 11.8 Å². The Morgan fingerprint density at radius 3 is 2.77 bits per heavy atom. The van der Waals surface area contributed by atoms with Gasteiger partial charge in [0.25, 0.3) is 0 Å². The number of carbonyl (C=O) groups excluding carboxylic acids is 1. The summed E-state index contributed by atoms with van der Waals surface area (Å²) in [6.45, 7) is 4.40. The molecule has 0 spiro atoms. The van der Waals surface area contributed by atoms with Crippen LogP contribution in [0.4, 0.5) is 0 Å². The topological polar surface area (TPSA) is 87.0 Å². The van der Waals surface area contributed by atoms with Crippen molar-refractivity contribution in [1.82, 2.24) is 4.90 Å². The van der Waals surface area contributed by atoms with Gasteiger partial charge in [-0.25, -0.2) is 0 Å². The first-order valence-electron chi connectivity index (χ1n) is 9.41. The molecular weight excluding hydrogens is 332 g/mol. The second kappa shape index (κ2) is 12.2. The maximum absolute atomic E-state index is 12.1. The molecular formula is C20H30N2O4. The quantitative estimate of drug-likeness (QED) is 0.248. The summed E-state index contributed by atoms with van der Waals surface area (Å²) in [5.74, 6) is 5.24. The molecule has 0 bridgehead atoms. The Labute approximate surface area is 156 Å². The van der Waals surface area contributed by atoms with Crippen LogP contribution in [0.5, 0.6) is 0 Å². The van der Waals surface area contributed by atoms with E-state index in [-0.39, 0.29) is 24.3 Å². The van der Waals surface area contributed by atoms with Gasteiger partial charge in [0.15, 0.2) is 0 Å². The van der Waals surface area contributed by atoms with E-state index in [1.54, 1.807) is 6.92 Å². The first-order chi connectivity index (χ1) is 12.5. The molecule has 0 aromatic heterocycles. The largest absolute Gasteiger partial charge is 0.481 e. The minimum Gasteiger partial charge on any atom is -0.481 e. The zero-order valence-electron chi connectivity index (χ0n) is 15.8. The van der Waals surface area contributed by atoms with Crippen LogP contribution in [0.15, 0.2) is 17.3 Å². The molecule has 0 radical (unpaired) electrons. The van der Waals surface area contributed by atoms with E-state index < -0.39 is 12.0 Å². The van der Waals surface area contributed by atoms with Gasteiger partial charge in [0.1, 0.15) is 6.04 Å². The van der Waals surface area contributed by atoms with Crippen LogP contribution in [0.1, 0.15) is 65.2 Å². The summed E-state index contributed by atoms with van der Waals surface area (Å²) in [4.78, 5) is 35.6. The van der Waals surface area contributed by atoms with Crippen molar-refractivity contribution in [2.75, 3.05) is 6.54 Å². The summed E-state index contributed by atoms with van der Waals surface area (Å²) in [6.07, 6.45) is 9.21. The molecule has 26 heavy (non-hydrogen) atoms. The van der Waals surface area contributed by atoms with Crippen molar-refractivity contribution < 1.29 is 14.7 Å². The molecule has 6 nitrogen and oxygen atoms in total. The van der Waals surface area contributed by atoms with Crippen LogP contribution < -0.4 is 0 Å². The van der Waals surface area contributed by atoms with Gasteiger partial charge in [-0.2, -0.15) is 4.91 Å². The van der Waals surface area contributed by atoms with Crippen LogP contribution in [-0.4, -0.2) is 40.5 Å². The average Bonchev–Trinajstić information content (AvgIpc) is 2.96. The van der Waals surface area contributed by atoms with Gasteiger partial charge in [-0.05, 0) is 32.1 Å². The number of nitrogens with zero attached hydrogens (tertiary/aromatic N) is 2. The summed E-state index contributed by atoms with van der Waals surface area (Å²) in [6, 6.07) is -0.403. The maximum atomic E-state index is 12.1. The predicted octanol–water partition coefficient (Wildman–Crippen LogP) is 3.75. The maximum Gasteiger partial charge on any atom is 0.303 e. The number of aliphatic carboxylic acids is 1. The van der Waals surface area contributed by atoms with Crippen LogP contribution in [0, 0.1) is 22.7 Å². The highest BCUT2D eigenvalue weighted by molar-refractivity contribution is 5.79. The number of nitroso groups, excluding NO2 is 1.